The van der Waals surface area contributed by atoms with Crippen molar-refractivity contribution in [1.82, 2.24) is 10.0 Å². The zero-order valence-corrected chi connectivity index (χ0v) is 22.9. The second kappa shape index (κ2) is 8.96. The molecule has 7 rings (SSSR count). The maximum Gasteiger partial charge on any atom is 0.280 e. The largest absolute Gasteiger partial charge is 0.456 e. The van der Waals surface area contributed by atoms with Gasteiger partial charge in [0, 0.05) is 58.9 Å². The Kier molecular flexibility index (Phi) is 5.44. The van der Waals surface area contributed by atoms with Crippen LogP contribution in [-0.2, 0) is 5.54 Å². The van der Waals surface area contributed by atoms with Crippen molar-refractivity contribution in [2.45, 2.75) is 26.3 Å². The molecule has 0 radical (unpaired) electrons. The number of aryl methyl sites for hydroxylation is 1. The van der Waals surface area contributed by atoms with Crippen LogP contribution < -0.4 is 15.4 Å². The maximum atomic E-state index is 14.5. The lowest BCUT2D eigenvalue weighted by Crippen LogP contribution is -2.58. The number of hydrogen-bond acceptors (Lipinski definition) is 6. The summed E-state index contributed by atoms with van der Waals surface area (Å²) < 4.78 is 6.56. The van der Waals surface area contributed by atoms with E-state index >= 15 is 0 Å². The zero-order chi connectivity index (χ0) is 28.5. The first-order valence-electron chi connectivity index (χ1n) is 13.8. The number of hydrazine groups is 1. The second-order valence-corrected chi connectivity index (χ2v) is 10.4. The number of carbonyl (C=O) groups is 3. The van der Waals surface area contributed by atoms with Crippen molar-refractivity contribution in [3.63, 3.8) is 0 Å². The molecule has 1 atom stereocenters. The van der Waals surface area contributed by atoms with E-state index in [0.29, 0.717) is 46.8 Å². The average Bonchev–Trinajstić information content (AvgIpc) is 3.37. The van der Waals surface area contributed by atoms with E-state index in [9.17, 15) is 14.4 Å². The summed E-state index contributed by atoms with van der Waals surface area (Å²) in [6, 6.07) is 23.7. The standard InChI is InChI=1S/C33H28N4O4/c1-4-34-20-14-15-25-28(17-20)41-29-18-27(35-5-2)19(3)16-26(29)33(25)24-13-9-8-12-23(24)32(40)37(33)36-30(38)21-10-6-7-11-22(21)31(36)39/h6-18,34-35H,4-5H2,1-3H3. The summed E-state index contributed by atoms with van der Waals surface area (Å²) in [4.78, 5) is 42.3. The summed E-state index contributed by atoms with van der Waals surface area (Å²) in [6.45, 7) is 7.46. The van der Waals surface area contributed by atoms with Gasteiger partial charge < -0.3 is 15.4 Å². The van der Waals surface area contributed by atoms with Crippen LogP contribution in [-0.4, -0.2) is 40.8 Å². The predicted molar refractivity (Wildman–Crippen MR) is 155 cm³/mol. The topological polar surface area (TPSA) is 91.0 Å². The van der Waals surface area contributed by atoms with Gasteiger partial charge in [0.1, 0.15) is 17.0 Å². The van der Waals surface area contributed by atoms with Gasteiger partial charge in [0.15, 0.2) is 0 Å². The van der Waals surface area contributed by atoms with Gasteiger partial charge in [0.25, 0.3) is 17.7 Å². The van der Waals surface area contributed by atoms with Gasteiger partial charge in [0.05, 0.1) is 11.1 Å². The highest BCUT2D eigenvalue weighted by molar-refractivity contribution is 6.22. The molecule has 3 aliphatic rings. The smallest absolute Gasteiger partial charge is 0.280 e. The van der Waals surface area contributed by atoms with E-state index < -0.39 is 23.3 Å². The van der Waals surface area contributed by atoms with E-state index in [0.717, 1.165) is 21.9 Å². The molecule has 0 saturated heterocycles. The Labute approximate surface area is 237 Å². The Morgan fingerprint density at radius 3 is 2.00 bits per heavy atom. The highest BCUT2D eigenvalue weighted by atomic mass is 16.5. The average molecular weight is 545 g/mol. The van der Waals surface area contributed by atoms with Crippen LogP contribution in [0.4, 0.5) is 11.4 Å². The lowest BCUT2D eigenvalue weighted by molar-refractivity contribution is -0.0193. The van der Waals surface area contributed by atoms with Gasteiger partial charge in [0.2, 0.25) is 0 Å². The molecule has 0 fully saturated rings. The lowest BCUT2D eigenvalue weighted by atomic mass is 9.74. The third-order valence-corrected chi connectivity index (χ3v) is 8.09. The van der Waals surface area contributed by atoms with Crippen molar-refractivity contribution in [3.05, 3.63) is 118 Å². The van der Waals surface area contributed by atoms with Gasteiger partial charge >= 0.3 is 0 Å². The van der Waals surface area contributed by atoms with Gasteiger partial charge in [-0.05, 0) is 56.7 Å². The number of amides is 3. The van der Waals surface area contributed by atoms with E-state index in [4.69, 9.17) is 4.74 Å². The van der Waals surface area contributed by atoms with E-state index in [-0.39, 0.29) is 11.1 Å². The molecule has 0 aromatic heterocycles. The fraction of sp³-hybridized carbons (Fsp3) is 0.182. The van der Waals surface area contributed by atoms with Gasteiger partial charge in [-0.15, -0.1) is 0 Å². The zero-order valence-electron chi connectivity index (χ0n) is 22.9. The molecule has 3 amide bonds. The van der Waals surface area contributed by atoms with Gasteiger partial charge in [-0.1, -0.05) is 36.4 Å². The summed E-state index contributed by atoms with van der Waals surface area (Å²) in [5.74, 6) is -0.428. The molecule has 8 heteroatoms. The highest BCUT2D eigenvalue weighted by Crippen LogP contribution is 2.59. The lowest BCUT2D eigenvalue weighted by Gasteiger charge is -2.46. The molecule has 0 bridgehead atoms. The first-order chi connectivity index (χ1) is 19.9. The van der Waals surface area contributed by atoms with Crippen LogP contribution >= 0.6 is 0 Å². The Bertz CT molecular complexity index is 1760. The number of rotatable bonds is 5. The van der Waals surface area contributed by atoms with Gasteiger partial charge in [-0.2, -0.15) is 5.01 Å². The molecule has 4 aromatic rings. The SMILES string of the molecule is CCNc1ccc2c(c1)Oc1cc(NCC)c(C)cc1C21c2ccccc2C(=O)N1N1C(=O)c2ccccc2C1=O. The van der Waals surface area contributed by atoms with Gasteiger partial charge in [-0.3, -0.25) is 14.4 Å². The van der Waals surface area contributed by atoms with E-state index in [1.54, 1.807) is 36.4 Å². The minimum atomic E-state index is -1.34. The Balaban J connectivity index is 1.58. The second-order valence-electron chi connectivity index (χ2n) is 10.4. The van der Waals surface area contributed by atoms with Gasteiger partial charge in [-0.25, -0.2) is 5.01 Å². The van der Waals surface area contributed by atoms with Crippen molar-refractivity contribution >= 4 is 29.1 Å². The fourth-order valence-electron chi connectivity index (χ4n) is 6.40. The molecule has 1 unspecified atom stereocenters. The van der Waals surface area contributed by atoms with Crippen molar-refractivity contribution < 1.29 is 19.1 Å². The molecular formula is C33H28N4O4. The van der Waals surface area contributed by atoms with Crippen LogP contribution in [0.1, 0.15) is 67.2 Å². The number of nitrogens with zero attached hydrogens (tertiary/aromatic N) is 2. The van der Waals surface area contributed by atoms with Crippen molar-refractivity contribution in [3.8, 4) is 11.5 Å². The van der Waals surface area contributed by atoms with Crippen LogP contribution in [0.25, 0.3) is 0 Å². The molecule has 204 valence electrons. The van der Waals surface area contributed by atoms with Crippen molar-refractivity contribution in [2.24, 2.45) is 0 Å². The van der Waals surface area contributed by atoms with Crippen LogP contribution in [0.3, 0.4) is 0 Å². The molecule has 2 N–H and O–H groups in total. The summed E-state index contributed by atoms with van der Waals surface area (Å²) in [5, 5.41) is 9.11. The van der Waals surface area contributed by atoms with Crippen LogP contribution in [0.2, 0.25) is 0 Å². The number of hydrogen-bond donors (Lipinski definition) is 2. The van der Waals surface area contributed by atoms with E-state index in [1.165, 1.54) is 5.01 Å². The van der Waals surface area contributed by atoms with E-state index in [2.05, 4.69) is 10.6 Å². The molecule has 4 aromatic carbocycles. The number of anilines is 2. The first-order valence-corrected chi connectivity index (χ1v) is 13.8. The number of imide groups is 1. The molecule has 3 aliphatic heterocycles. The van der Waals surface area contributed by atoms with Crippen molar-refractivity contribution in [2.75, 3.05) is 23.7 Å². The normalized spacial score (nSPS) is 18.2. The Morgan fingerprint density at radius 2 is 1.32 bits per heavy atom. The fourth-order valence-corrected chi connectivity index (χ4v) is 6.40. The third-order valence-electron chi connectivity index (χ3n) is 8.09. The predicted octanol–water partition coefficient (Wildman–Crippen LogP) is 5.92. The Hall–Kier alpha value is -5.11. The van der Waals surface area contributed by atoms with Crippen LogP contribution in [0, 0.1) is 6.92 Å². The maximum absolute atomic E-state index is 14.5. The van der Waals surface area contributed by atoms with E-state index in [1.807, 2.05) is 63.2 Å². The molecular weight excluding hydrogens is 516 g/mol. The van der Waals surface area contributed by atoms with Crippen molar-refractivity contribution in [1.29, 1.82) is 0 Å². The van der Waals surface area contributed by atoms with Crippen LogP contribution in [0.5, 0.6) is 11.5 Å². The number of fused-ring (bicyclic) bond motifs is 7. The molecule has 1 spiro atoms. The Morgan fingerprint density at radius 1 is 0.683 bits per heavy atom. The molecule has 0 saturated carbocycles. The molecule has 0 aliphatic carbocycles. The van der Waals surface area contributed by atoms with Crippen LogP contribution in [0.15, 0.2) is 78.9 Å². The summed E-state index contributed by atoms with van der Waals surface area (Å²) >= 11 is 0. The number of nitrogens with one attached hydrogen (secondary N) is 2. The quantitative estimate of drug-likeness (QED) is 0.303. The first kappa shape index (κ1) is 24.9. The molecule has 3 heterocycles. The third kappa shape index (κ3) is 3.24. The summed E-state index contributed by atoms with van der Waals surface area (Å²) in [6.07, 6.45) is 0. The number of ether oxygens (including phenoxy) is 1. The monoisotopic (exact) mass is 544 g/mol. The molecule has 41 heavy (non-hydrogen) atoms. The minimum Gasteiger partial charge on any atom is -0.456 e. The summed E-state index contributed by atoms with van der Waals surface area (Å²) in [5.41, 5.74) is 4.34. The number of carbonyl (C=O) groups excluding carboxylic acids is 3. The molecule has 8 nitrogen and oxygen atoms in total. The highest BCUT2D eigenvalue weighted by Gasteiger charge is 2.61. The summed E-state index contributed by atoms with van der Waals surface area (Å²) in [7, 11) is 0. The minimum absolute atomic E-state index is 0.269. The number of benzene rings is 4.